The highest BCUT2D eigenvalue weighted by Gasteiger charge is 2.30. The molecule has 0 saturated carbocycles. The van der Waals surface area contributed by atoms with Crippen LogP contribution in [0.3, 0.4) is 0 Å². The molecule has 1 heterocycles. The van der Waals surface area contributed by atoms with E-state index in [1.165, 1.54) is 0 Å². The predicted octanol–water partition coefficient (Wildman–Crippen LogP) is 3.41. The lowest BCUT2D eigenvalue weighted by atomic mass is 10.1. The van der Waals surface area contributed by atoms with Crippen molar-refractivity contribution in [3.05, 3.63) is 59.1 Å². The van der Waals surface area contributed by atoms with Gasteiger partial charge in [-0.2, -0.15) is 0 Å². The van der Waals surface area contributed by atoms with Crippen molar-refractivity contribution >= 4 is 23.2 Å². The summed E-state index contributed by atoms with van der Waals surface area (Å²) < 4.78 is 5.71. The van der Waals surface area contributed by atoms with Crippen molar-refractivity contribution in [3.63, 3.8) is 0 Å². The predicted molar refractivity (Wildman–Crippen MR) is 69.9 cm³/mol. The van der Waals surface area contributed by atoms with Gasteiger partial charge in [0.1, 0.15) is 5.75 Å². The van der Waals surface area contributed by atoms with E-state index in [-0.39, 0.29) is 5.91 Å². The summed E-state index contributed by atoms with van der Waals surface area (Å²) in [4.78, 5) is 12.0. The number of carbonyl (C=O) groups is 1. The summed E-state index contributed by atoms with van der Waals surface area (Å²) in [6.07, 6.45) is -0.700. The van der Waals surface area contributed by atoms with Crippen LogP contribution in [-0.2, 0) is 4.79 Å². The van der Waals surface area contributed by atoms with Crippen LogP contribution in [0.25, 0.3) is 0 Å². The van der Waals surface area contributed by atoms with Crippen molar-refractivity contribution in [1.29, 1.82) is 0 Å². The third-order valence-electron chi connectivity index (χ3n) is 2.82. The number of benzene rings is 2. The summed E-state index contributed by atoms with van der Waals surface area (Å²) in [6.45, 7) is 0. The monoisotopic (exact) mass is 259 g/mol. The fraction of sp³-hybridized carbons (Fsp3) is 0.0714. The average Bonchev–Trinajstić information content (AvgIpc) is 2.39. The molecule has 0 radical (unpaired) electrons. The number of halogens is 1. The van der Waals surface area contributed by atoms with Crippen LogP contribution in [0, 0.1) is 0 Å². The molecule has 0 aliphatic carbocycles. The quantitative estimate of drug-likeness (QED) is 0.852. The van der Waals surface area contributed by atoms with E-state index in [2.05, 4.69) is 5.32 Å². The lowest BCUT2D eigenvalue weighted by molar-refractivity contribution is -0.123. The Balaban J connectivity index is 2.01. The van der Waals surface area contributed by atoms with Crippen molar-refractivity contribution in [2.24, 2.45) is 0 Å². The van der Waals surface area contributed by atoms with Crippen molar-refractivity contribution in [2.75, 3.05) is 5.32 Å². The van der Waals surface area contributed by atoms with Gasteiger partial charge in [0.15, 0.2) is 0 Å². The fourth-order valence-electron chi connectivity index (χ4n) is 1.94. The zero-order chi connectivity index (χ0) is 12.5. The van der Waals surface area contributed by atoms with Gasteiger partial charge in [0.2, 0.25) is 6.10 Å². The van der Waals surface area contributed by atoms with Crippen LogP contribution in [0.4, 0.5) is 5.69 Å². The van der Waals surface area contributed by atoms with Crippen LogP contribution in [0.2, 0.25) is 5.02 Å². The summed E-state index contributed by atoms with van der Waals surface area (Å²) in [6, 6.07) is 14.5. The number of hydrogen-bond acceptors (Lipinski definition) is 2. The van der Waals surface area contributed by atoms with Crippen molar-refractivity contribution in [2.45, 2.75) is 6.10 Å². The first-order valence-electron chi connectivity index (χ1n) is 5.56. The standard InChI is InChI=1S/C14H10ClNO2/c15-10-6-2-1-5-9(10)13-14(17)16-11-7-3-4-8-12(11)18-13/h1-8,13H,(H,16,17)/t13-/m0/s1. The first-order valence-corrected chi connectivity index (χ1v) is 5.94. The Morgan fingerprint density at radius 3 is 2.61 bits per heavy atom. The van der Waals surface area contributed by atoms with Gasteiger partial charge in [-0.1, -0.05) is 41.9 Å². The maximum Gasteiger partial charge on any atom is 0.270 e. The number of ether oxygens (including phenoxy) is 1. The molecule has 1 aliphatic rings. The van der Waals surface area contributed by atoms with E-state index in [9.17, 15) is 4.79 Å². The number of anilines is 1. The van der Waals surface area contributed by atoms with Gasteiger partial charge in [0.25, 0.3) is 5.91 Å². The average molecular weight is 260 g/mol. The minimum absolute atomic E-state index is 0.207. The number of hydrogen-bond donors (Lipinski definition) is 1. The van der Waals surface area contributed by atoms with Crippen LogP contribution in [0.5, 0.6) is 5.75 Å². The second kappa shape index (κ2) is 4.35. The number of amides is 1. The topological polar surface area (TPSA) is 38.3 Å². The Bertz CT molecular complexity index is 612. The molecule has 0 unspecified atom stereocenters. The van der Waals surface area contributed by atoms with E-state index in [4.69, 9.17) is 16.3 Å². The fourth-order valence-corrected chi connectivity index (χ4v) is 2.18. The van der Waals surface area contributed by atoms with E-state index in [1.54, 1.807) is 18.2 Å². The van der Waals surface area contributed by atoms with Gasteiger partial charge in [-0.15, -0.1) is 0 Å². The summed E-state index contributed by atoms with van der Waals surface area (Å²) in [7, 11) is 0. The third kappa shape index (κ3) is 1.83. The van der Waals surface area contributed by atoms with Crippen molar-refractivity contribution in [3.8, 4) is 5.75 Å². The van der Waals surface area contributed by atoms with E-state index in [0.29, 0.717) is 22.0 Å². The highest BCUT2D eigenvalue weighted by atomic mass is 35.5. The van der Waals surface area contributed by atoms with Gasteiger partial charge in [0, 0.05) is 10.6 Å². The molecular formula is C14H10ClNO2. The summed E-state index contributed by atoms with van der Waals surface area (Å²) >= 11 is 6.09. The molecule has 0 saturated heterocycles. The van der Waals surface area contributed by atoms with Crippen LogP contribution < -0.4 is 10.1 Å². The molecule has 1 amide bonds. The lowest BCUT2D eigenvalue weighted by Gasteiger charge is -2.26. The molecule has 1 atom stereocenters. The Labute approximate surface area is 109 Å². The number of rotatable bonds is 1. The number of carbonyl (C=O) groups excluding carboxylic acids is 1. The molecular weight excluding hydrogens is 250 g/mol. The largest absolute Gasteiger partial charge is 0.474 e. The normalized spacial score (nSPS) is 17.6. The number of fused-ring (bicyclic) bond motifs is 1. The van der Waals surface area contributed by atoms with Gasteiger partial charge < -0.3 is 10.1 Å². The molecule has 3 rings (SSSR count). The molecule has 2 aromatic carbocycles. The number of para-hydroxylation sites is 2. The van der Waals surface area contributed by atoms with E-state index >= 15 is 0 Å². The molecule has 1 aliphatic heterocycles. The highest BCUT2D eigenvalue weighted by molar-refractivity contribution is 6.31. The minimum Gasteiger partial charge on any atom is -0.474 e. The van der Waals surface area contributed by atoms with Gasteiger partial charge >= 0.3 is 0 Å². The maximum atomic E-state index is 12.0. The molecule has 0 aromatic heterocycles. The summed E-state index contributed by atoms with van der Waals surface area (Å²) in [5, 5.41) is 3.34. The molecule has 2 aromatic rings. The molecule has 0 bridgehead atoms. The zero-order valence-electron chi connectivity index (χ0n) is 9.39. The Kier molecular flexibility index (Phi) is 2.68. The van der Waals surface area contributed by atoms with Crippen LogP contribution in [0.1, 0.15) is 11.7 Å². The maximum absolute atomic E-state index is 12.0. The zero-order valence-corrected chi connectivity index (χ0v) is 10.1. The first kappa shape index (κ1) is 11.1. The van der Waals surface area contributed by atoms with Crippen LogP contribution in [-0.4, -0.2) is 5.91 Å². The SMILES string of the molecule is O=C1Nc2ccccc2O[C@H]1c1ccccc1Cl. The van der Waals surface area contributed by atoms with E-state index in [0.717, 1.165) is 0 Å². The Morgan fingerprint density at radius 1 is 1.06 bits per heavy atom. The van der Waals surface area contributed by atoms with Crippen LogP contribution >= 0.6 is 11.6 Å². The first-order chi connectivity index (χ1) is 8.75. The molecule has 3 nitrogen and oxygen atoms in total. The van der Waals surface area contributed by atoms with Gasteiger partial charge in [-0.25, -0.2) is 0 Å². The molecule has 0 fully saturated rings. The molecule has 1 N–H and O–H groups in total. The second-order valence-corrected chi connectivity index (χ2v) is 4.41. The molecule has 4 heteroatoms. The Morgan fingerprint density at radius 2 is 1.78 bits per heavy atom. The van der Waals surface area contributed by atoms with Gasteiger partial charge in [0.05, 0.1) is 5.69 Å². The van der Waals surface area contributed by atoms with Crippen LogP contribution in [0.15, 0.2) is 48.5 Å². The minimum atomic E-state index is -0.700. The second-order valence-electron chi connectivity index (χ2n) is 4.00. The van der Waals surface area contributed by atoms with Crippen molar-refractivity contribution in [1.82, 2.24) is 0 Å². The summed E-state index contributed by atoms with van der Waals surface area (Å²) in [5.74, 6) is 0.448. The number of nitrogens with one attached hydrogen (secondary N) is 1. The molecule has 0 spiro atoms. The molecule has 18 heavy (non-hydrogen) atoms. The third-order valence-corrected chi connectivity index (χ3v) is 3.16. The van der Waals surface area contributed by atoms with Gasteiger partial charge in [-0.3, -0.25) is 4.79 Å². The Hall–Kier alpha value is -2.00. The smallest absolute Gasteiger partial charge is 0.270 e. The lowest BCUT2D eigenvalue weighted by Crippen LogP contribution is -2.30. The van der Waals surface area contributed by atoms with E-state index < -0.39 is 6.10 Å². The highest BCUT2D eigenvalue weighted by Crippen LogP contribution is 2.36. The van der Waals surface area contributed by atoms with Crippen molar-refractivity contribution < 1.29 is 9.53 Å². The van der Waals surface area contributed by atoms with Gasteiger partial charge in [-0.05, 0) is 18.2 Å². The summed E-state index contributed by atoms with van der Waals surface area (Å²) in [5.41, 5.74) is 1.36. The van der Waals surface area contributed by atoms with E-state index in [1.807, 2.05) is 30.3 Å². The molecule has 90 valence electrons.